The summed E-state index contributed by atoms with van der Waals surface area (Å²) >= 11 is 13.7. The number of nitrogens with zero attached hydrogens (tertiary/aromatic N) is 5. The molecule has 1 aliphatic rings. The molecule has 4 rings (SSSR count). The van der Waals surface area contributed by atoms with Gasteiger partial charge in [0.25, 0.3) is 5.22 Å². The van der Waals surface area contributed by atoms with E-state index in [1.165, 1.54) is 0 Å². The van der Waals surface area contributed by atoms with Crippen LogP contribution in [0.15, 0.2) is 52.4 Å². The number of hydrogen-bond acceptors (Lipinski definition) is 7. The van der Waals surface area contributed by atoms with Crippen molar-refractivity contribution in [3.05, 3.63) is 52.8 Å². The zero-order valence-corrected chi connectivity index (χ0v) is 17.4. The summed E-state index contributed by atoms with van der Waals surface area (Å²) in [7, 11) is 0. The van der Waals surface area contributed by atoms with Crippen LogP contribution in [0.3, 0.4) is 0 Å². The average Bonchev–Trinajstić information content (AvgIpc) is 3.20. The third kappa shape index (κ3) is 4.78. The molecule has 0 radical (unpaired) electrons. The Bertz CT molecular complexity index is 916. The highest BCUT2D eigenvalue weighted by atomic mass is 35.5. The van der Waals surface area contributed by atoms with Gasteiger partial charge in [-0.3, -0.25) is 9.88 Å². The fraction of sp³-hybridized carbons (Fsp3) is 0.316. The van der Waals surface area contributed by atoms with Gasteiger partial charge < -0.3 is 9.32 Å². The van der Waals surface area contributed by atoms with Gasteiger partial charge in [0.2, 0.25) is 5.89 Å². The lowest BCUT2D eigenvalue weighted by Crippen LogP contribution is -2.47. The zero-order valence-electron chi connectivity index (χ0n) is 15.1. The van der Waals surface area contributed by atoms with Gasteiger partial charge >= 0.3 is 0 Å². The zero-order chi connectivity index (χ0) is 19.3. The van der Waals surface area contributed by atoms with E-state index in [1.54, 1.807) is 24.2 Å². The van der Waals surface area contributed by atoms with Gasteiger partial charge in [-0.15, -0.1) is 10.2 Å². The lowest BCUT2D eigenvalue weighted by molar-refractivity contribution is 0.273. The van der Waals surface area contributed by atoms with Gasteiger partial charge in [0.15, 0.2) is 0 Å². The average molecular weight is 436 g/mol. The largest absolute Gasteiger partial charge is 0.411 e. The summed E-state index contributed by atoms with van der Waals surface area (Å²) in [5.41, 5.74) is 2.01. The van der Waals surface area contributed by atoms with Gasteiger partial charge in [-0.2, -0.15) is 0 Å². The number of piperazine rings is 1. The summed E-state index contributed by atoms with van der Waals surface area (Å²) in [6.07, 6.45) is 3.42. The molecule has 0 spiro atoms. The Kier molecular flexibility index (Phi) is 6.36. The summed E-state index contributed by atoms with van der Waals surface area (Å²) in [6, 6.07) is 9.53. The van der Waals surface area contributed by atoms with Crippen LogP contribution in [0.2, 0.25) is 10.0 Å². The van der Waals surface area contributed by atoms with E-state index in [0.717, 1.165) is 49.7 Å². The molecule has 0 unspecified atom stereocenters. The van der Waals surface area contributed by atoms with E-state index >= 15 is 0 Å². The number of halogens is 2. The van der Waals surface area contributed by atoms with E-state index in [4.69, 9.17) is 27.6 Å². The molecule has 9 heteroatoms. The van der Waals surface area contributed by atoms with E-state index < -0.39 is 0 Å². The van der Waals surface area contributed by atoms with Crippen LogP contribution >= 0.6 is 35.0 Å². The molecule has 1 aromatic carbocycles. The lowest BCUT2D eigenvalue weighted by atomic mass is 10.2. The third-order valence-corrected chi connectivity index (χ3v) is 6.15. The molecule has 0 bridgehead atoms. The van der Waals surface area contributed by atoms with Crippen LogP contribution in [-0.2, 0) is 0 Å². The Morgan fingerprint density at radius 2 is 1.75 bits per heavy atom. The maximum atomic E-state index is 6.13. The number of hydrogen-bond donors (Lipinski definition) is 0. The molecular weight excluding hydrogens is 417 g/mol. The smallest absolute Gasteiger partial charge is 0.276 e. The minimum atomic E-state index is 0.528. The molecule has 6 nitrogen and oxygen atoms in total. The lowest BCUT2D eigenvalue weighted by Gasteiger charge is -2.36. The van der Waals surface area contributed by atoms with Crippen molar-refractivity contribution in [1.82, 2.24) is 20.1 Å². The van der Waals surface area contributed by atoms with Crippen molar-refractivity contribution >= 4 is 40.7 Å². The fourth-order valence-electron chi connectivity index (χ4n) is 3.05. The van der Waals surface area contributed by atoms with Crippen molar-refractivity contribution in [2.75, 3.05) is 43.4 Å². The minimum absolute atomic E-state index is 0.528. The Labute approximate surface area is 177 Å². The Hall–Kier alpha value is -1.80. The standard InChI is InChI=1S/C19H19Cl2N5OS/c20-16-2-1-15(13-17(16)21)26-9-7-25(8-10-26)11-12-28-19-24-23-18(27-19)14-3-5-22-6-4-14/h1-6,13H,7-12H2. The second-order valence-electron chi connectivity index (χ2n) is 6.38. The first-order valence-electron chi connectivity index (χ1n) is 8.98. The molecule has 146 valence electrons. The fourth-order valence-corrected chi connectivity index (χ4v) is 4.11. The SMILES string of the molecule is Clc1ccc(N2CCN(CCSc3nnc(-c4ccncc4)o3)CC2)cc1Cl. The van der Waals surface area contributed by atoms with Crippen molar-refractivity contribution in [3.8, 4) is 11.5 Å². The molecule has 0 amide bonds. The second-order valence-corrected chi connectivity index (χ2v) is 8.25. The molecule has 2 aromatic heterocycles. The van der Waals surface area contributed by atoms with Gasteiger partial charge in [0.05, 0.1) is 10.0 Å². The summed E-state index contributed by atoms with van der Waals surface area (Å²) in [6.45, 7) is 4.93. The highest BCUT2D eigenvalue weighted by Crippen LogP contribution is 2.28. The topological polar surface area (TPSA) is 58.3 Å². The predicted molar refractivity (Wildman–Crippen MR) is 113 cm³/mol. The molecule has 0 saturated carbocycles. The first kappa shape index (κ1) is 19.5. The maximum absolute atomic E-state index is 6.13. The first-order valence-corrected chi connectivity index (χ1v) is 10.7. The first-order chi connectivity index (χ1) is 13.7. The van der Waals surface area contributed by atoms with Crippen molar-refractivity contribution in [2.45, 2.75) is 5.22 Å². The van der Waals surface area contributed by atoms with Crippen molar-refractivity contribution < 1.29 is 4.42 Å². The van der Waals surface area contributed by atoms with Crippen LogP contribution in [0.5, 0.6) is 0 Å². The van der Waals surface area contributed by atoms with E-state index in [9.17, 15) is 0 Å². The van der Waals surface area contributed by atoms with Crippen LogP contribution in [0.25, 0.3) is 11.5 Å². The number of anilines is 1. The van der Waals surface area contributed by atoms with Gasteiger partial charge in [-0.25, -0.2) is 0 Å². The van der Waals surface area contributed by atoms with E-state index in [0.29, 0.717) is 21.2 Å². The molecule has 1 fully saturated rings. The summed E-state index contributed by atoms with van der Waals surface area (Å²) < 4.78 is 5.72. The summed E-state index contributed by atoms with van der Waals surface area (Å²) in [5, 5.41) is 10.0. The van der Waals surface area contributed by atoms with Crippen molar-refractivity contribution in [2.24, 2.45) is 0 Å². The molecule has 0 atom stereocenters. The van der Waals surface area contributed by atoms with Gasteiger partial charge in [-0.05, 0) is 30.3 Å². The van der Waals surface area contributed by atoms with Crippen molar-refractivity contribution in [1.29, 1.82) is 0 Å². The highest BCUT2D eigenvalue weighted by Gasteiger charge is 2.18. The number of rotatable bonds is 6. The monoisotopic (exact) mass is 435 g/mol. The van der Waals surface area contributed by atoms with Gasteiger partial charge in [-0.1, -0.05) is 35.0 Å². The third-order valence-electron chi connectivity index (χ3n) is 4.61. The number of benzene rings is 1. The molecule has 0 N–H and O–H groups in total. The van der Waals surface area contributed by atoms with E-state index in [-0.39, 0.29) is 0 Å². The van der Waals surface area contributed by atoms with Gasteiger partial charge in [0.1, 0.15) is 0 Å². The number of aromatic nitrogens is 3. The normalized spacial score (nSPS) is 15.1. The molecule has 1 aliphatic heterocycles. The minimum Gasteiger partial charge on any atom is -0.411 e. The number of thioether (sulfide) groups is 1. The Morgan fingerprint density at radius 1 is 0.964 bits per heavy atom. The molecule has 3 aromatic rings. The number of pyridine rings is 1. The Morgan fingerprint density at radius 3 is 2.50 bits per heavy atom. The molecule has 0 aliphatic carbocycles. The van der Waals surface area contributed by atoms with Crippen LogP contribution in [0.1, 0.15) is 0 Å². The summed E-state index contributed by atoms with van der Waals surface area (Å²) in [5.74, 6) is 1.44. The quantitative estimate of drug-likeness (QED) is 0.533. The maximum Gasteiger partial charge on any atom is 0.276 e. The van der Waals surface area contributed by atoms with Gasteiger partial charge in [0, 0.05) is 62.1 Å². The Balaban J connectivity index is 1.23. The van der Waals surface area contributed by atoms with Crippen LogP contribution in [-0.4, -0.2) is 58.6 Å². The van der Waals surface area contributed by atoms with Crippen LogP contribution in [0, 0.1) is 0 Å². The molecule has 1 saturated heterocycles. The van der Waals surface area contributed by atoms with E-state index in [1.807, 2.05) is 30.3 Å². The van der Waals surface area contributed by atoms with E-state index in [2.05, 4.69) is 25.0 Å². The predicted octanol–water partition coefficient (Wildman–Crippen LogP) is 4.35. The molecule has 28 heavy (non-hydrogen) atoms. The molecular formula is C19H19Cl2N5OS. The van der Waals surface area contributed by atoms with Crippen LogP contribution < -0.4 is 4.90 Å². The second kappa shape index (κ2) is 9.13. The van der Waals surface area contributed by atoms with Crippen molar-refractivity contribution in [3.63, 3.8) is 0 Å². The molecule has 3 heterocycles. The summed E-state index contributed by atoms with van der Waals surface area (Å²) in [4.78, 5) is 8.78. The van der Waals surface area contributed by atoms with Crippen LogP contribution in [0.4, 0.5) is 5.69 Å². The highest BCUT2D eigenvalue weighted by molar-refractivity contribution is 7.99.